The van der Waals surface area contributed by atoms with E-state index in [1.54, 1.807) is 18.2 Å². The molecule has 0 radical (unpaired) electrons. The molecule has 0 bridgehead atoms. The van der Waals surface area contributed by atoms with Gasteiger partial charge in [0, 0.05) is 16.5 Å². The second kappa shape index (κ2) is 3.17. The number of fused-ring (bicyclic) bond motifs is 1. The summed E-state index contributed by atoms with van der Waals surface area (Å²) in [6, 6.07) is 5.15. The molecule has 74 valence electrons. The lowest BCUT2D eigenvalue weighted by Gasteiger charge is -2.08. The van der Waals surface area contributed by atoms with E-state index < -0.39 is 12.1 Å². The van der Waals surface area contributed by atoms with Gasteiger partial charge in [-0.25, -0.2) is 4.79 Å². The third kappa shape index (κ3) is 1.34. The van der Waals surface area contributed by atoms with Gasteiger partial charge in [0.15, 0.2) is 0 Å². The molecule has 3 nitrogen and oxygen atoms in total. The van der Waals surface area contributed by atoms with E-state index in [4.69, 9.17) is 21.4 Å². The maximum atomic E-state index is 10.8. The monoisotopic (exact) mass is 212 g/mol. The van der Waals surface area contributed by atoms with Crippen LogP contribution in [0.1, 0.15) is 18.4 Å². The number of carboxylic acid groups (broad SMARTS) is 1. The first-order valence-corrected chi connectivity index (χ1v) is 4.66. The molecule has 0 spiro atoms. The van der Waals surface area contributed by atoms with Crippen molar-refractivity contribution in [1.29, 1.82) is 0 Å². The van der Waals surface area contributed by atoms with E-state index in [9.17, 15) is 4.79 Å². The summed E-state index contributed by atoms with van der Waals surface area (Å²) < 4.78 is 5.28. The summed E-state index contributed by atoms with van der Waals surface area (Å²) >= 11 is 5.81. The number of hydrogen-bond donors (Lipinski definition) is 1. The molecule has 0 fully saturated rings. The molecule has 1 aliphatic heterocycles. The number of carboxylic acids is 1. The lowest BCUT2D eigenvalue weighted by atomic mass is 9.98. The number of aliphatic carboxylic acids is 1. The van der Waals surface area contributed by atoms with Gasteiger partial charge in [0.05, 0.1) is 0 Å². The Bertz CT molecular complexity index is 389. The number of ether oxygens (including phenoxy) is 1. The zero-order valence-corrected chi connectivity index (χ0v) is 8.28. The van der Waals surface area contributed by atoms with Crippen LogP contribution in [-0.2, 0) is 4.79 Å². The minimum Gasteiger partial charge on any atom is -0.478 e. The topological polar surface area (TPSA) is 46.5 Å². The lowest BCUT2D eigenvalue weighted by Crippen LogP contribution is -2.27. The van der Waals surface area contributed by atoms with Gasteiger partial charge in [-0.2, -0.15) is 0 Å². The van der Waals surface area contributed by atoms with Crippen LogP contribution in [0.2, 0.25) is 5.02 Å². The molecule has 0 saturated carbocycles. The van der Waals surface area contributed by atoms with Crippen molar-refractivity contribution in [2.24, 2.45) is 0 Å². The van der Waals surface area contributed by atoms with Gasteiger partial charge in [0.2, 0.25) is 6.10 Å². The molecule has 1 aromatic rings. The Morgan fingerprint density at radius 1 is 1.57 bits per heavy atom. The first kappa shape index (κ1) is 9.34. The van der Waals surface area contributed by atoms with Gasteiger partial charge in [-0.1, -0.05) is 18.5 Å². The highest BCUT2D eigenvalue weighted by molar-refractivity contribution is 6.30. The second-order valence-corrected chi connectivity index (χ2v) is 3.78. The minimum absolute atomic E-state index is 0.152. The van der Waals surface area contributed by atoms with Crippen LogP contribution in [-0.4, -0.2) is 17.2 Å². The first-order valence-electron chi connectivity index (χ1n) is 4.28. The maximum Gasteiger partial charge on any atom is 0.345 e. The highest BCUT2D eigenvalue weighted by Gasteiger charge is 2.36. The van der Waals surface area contributed by atoms with Gasteiger partial charge in [-0.05, 0) is 18.2 Å². The summed E-state index contributed by atoms with van der Waals surface area (Å²) in [5.74, 6) is -0.472. The molecule has 14 heavy (non-hydrogen) atoms. The normalized spacial score (nSPS) is 24.1. The summed E-state index contributed by atoms with van der Waals surface area (Å²) in [7, 11) is 0. The Hall–Kier alpha value is -1.22. The van der Waals surface area contributed by atoms with E-state index in [0.29, 0.717) is 10.8 Å². The number of rotatable bonds is 1. The van der Waals surface area contributed by atoms with Crippen molar-refractivity contribution in [3.63, 3.8) is 0 Å². The highest BCUT2D eigenvalue weighted by atomic mass is 35.5. The van der Waals surface area contributed by atoms with Gasteiger partial charge in [0.25, 0.3) is 0 Å². The average molecular weight is 213 g/mol. The lowest BCUT2D eigenvalue weighted by molar-refractivity contribution is -0.144. The fraction of sp³-hybridized carbons (Fsp3) is 0.300. The maximum absolute atomic E-state index is 10.8. The van der Waals surface area contributed by atoms with Crippen LogP contribution in [0, 0.1) is 0 Å². The van der Waals surface area contributed by atoms with E-state index in [1.807, 2.05) is 6.92 Å². The Morgan fingerprint density at radius 3 is 2.93 bits per heavy atom. The van der Waals surface area contributed by atoms with Gasteiger partial charge >= 0.3 is 5.97 Å². The fourth-order valence-corrected chi connectivity index (χ4v) is 1.83. The summed E-state index contributed by atoms with van der Waals surface area (Å²) in [6.45, 7) is 1.82. The van der Waals surface area contributed by atoms with Crippen LogP contribution >= 0.6 is 11.6 Å². The quantitative estimate of drug-likeness (QED) is 0.777. The van der Waals surface area contributed by atoms with Crippen LogP contribution in [0.25, 0.3) is 0 Å². The zero-order valence-electron chi connectivity index (χ0n) is 7.53. The average Bonchev–Trinajstić information content (AvgIpc) is 2.44. The highest BCUT2D eigenvalue weighted by Crippen LogP contribution is 2.39. The van der Waals surface area contributed by atoms with E-state index in [-0.39, 0.29) is 5.92 Å². The molecular formula is C10H9ClO3. The van der Waals surface area contributed by atoms with Gasteiger partial charge in [-0.3, -0.25) is 0 Å². The Morgan fingerprint density at radius 2 is 2.29 bits per heavy atom. The third-order valence-corrected chi connectivity index (χ3v) is 2.65. The van der Waals surface area contributed by atoms with E-state index in [1.165, 1.54) is 0 Å². The molecule has 0 aliphatic carbocycles. The molecule has 2 atom stereocenters. The number of hydrogen-bond acceptors (Lipinski definition) is 2. The van der Waals surface area contributed by atoms with Crippen LogP contribution < -0.4 is 4.74 Å². The van der Waals surface area contributed by atoms with Crippen molar-refractivity contribution in [2.45, 2.75) is 18.9 Å². The van der Waals surface area contributed by atoms with Crippen molar-refractivity contribution < 1.29 is 14.6 Å². The Balaban J connectivity index is 2.41. The van der Waals surface area contributed by atoms with Gasteiger partial charge in [-0.15, -0.1) is 0 Å². The summed E-state index contributed by atoms with van der Waals surface area (Å²) in [4.78, 5) is 10.8. The minimum atomic E-state index is -0.940. The molecule has 1 aliphatic rings. The third-order valence-electron chi connectivity index (χ3n) is 2.41. The molecular weight excluding hydrogens is 204 g/mol. The van der Waals surface area contributed by atoms with Crippen molar-refractivity contribution in [3.8, 4) is 5.75 Å². The van der Waals surface area contributed by atoms with E-state index >= 15 is 0 Å². The largest absolute Gasteiger partial charge is 0.478 e. The summed E-state index contributed by atoms with van der Waals surface area (Å²) in [5.41, 5.74) is 0.866. The molecule has 1 N–H and O–H groups in total. The Kier molecular flexibility index (Phi) is 2.11. The predicted molar refractivity (Wildman–Crippen MR) is 51.9 cm³/mol. The van der Waals surface area contributed by atoms with Crippen molar-refractivity contribution in [1.82, 2.24) is 0 Å². The molecule has 0 saturated heterocycles. The van der Waals surface area contributed by atoms with Crippen molar-refractivity contribution >= 4 is 17.6 Å². The smallest absolute Gasteiger partial charge is 0.345 e. The Labute approximate surface area is 86.3 Å². The van der Waals surface area contributed by atoms with Gasteiger partial charge < -0.3 is 9.84 Å². The van der Waals surface area contributed by atoms with Crippen LogP contribution in [0.5, 0.6) is 5.75 Å². The SMILES string of the molecule is C[C@H]1c2cc(Cl)ccc2O[C@H]1C(=O)O. The van der Waals surface area contributed by atoms with Gasteiger partial charge in [0.1, 0.15) is 5.75 Å². The number of carbonyl (C=O) groups is 1. The summed E-state index contributed by atoms with van der Waals surface area (Å²) in [5, 5.41) is 9.47. The molecule has 1 aromatic carbocycles. The number of benzene rings is 1. The number of halogens is 1. The first-order chi connectivity index (χ1) is 6.59. The van der Waals surface area contributed by atoms with Crippen LogP contribution in [0.4, 0.5) is 0 Å². The molecule has 0 amide bonds. The van der Waals surface area contributed by atoms with Crippen molar-refractivity contribution in [3.05, 3.63) is 28.8 Å². The van der Waals surface area contributed by atoms with Crippen LogP contribution in [0.15, 0.2) is 18.2 Å². The molecule has 1 heterocycles. The fourth-order valence-electron chi connectivity index (χ4n) is 1.65. The molecule has 4 heteroatoms. The van der Waals surface area contributed by atoms with Crippen molar-refractivity contribution in [2.75, 3.05) is 0 Å². The molecule has 2 rings (SSSR count). The van der Waals surface area contributed by atoms with E-state index in [0.717, 1.165) is 5.56 Å². The summed E-state index contributed by atoms with van der Waals surface area (Å²) in [6.07, 6.45) is -0.788. The molecule has 0 unspecified atom stereocenters. The van der Waals surface area contributed by atoms with E-state index in [2.05, 4.69) is 0 Å². The second-order valence-electron chi connectivity index (χ2n) is 3.35. The van der Waals surface area contributed by atoms with Crippen LogP contribution in [0.3, 0.4) is 0 Å². The predicted octanol–water partition coefficient (Wildman–Crippen LogP) is 2.29. The standard InChI is InChI=1S/C10H9ClO3/c1-5-7-4-6(11)2-3-8(7)14-9(5)10(12)13/h2-5,9H,1H3,(H,12,13)/t5-,9+/m0/s1. The zero-order chi connectivity index (χ0) is 10.3. The molecule has 0 aromatic heterocycles.